The van der Waals surface area contributed by atoms with Crippen LogP contribution in [0.15, 0.2) is 30.3 Å². The Hall–Kier alpha value is -1.02. The molecule has 108 valence electrons. The lowest BCUT2D eigenvalue weighted by Gasteiger charge is -2.40. The van der Waals surface area contributed by atoms with Crippen LogP contribution < -0.4 is 0 Å². The largest absolute Gasteiger partial charge is 0.303 e. The third kappa shape index (κ3) is 4.52. The van der Waals surface area contributed by atoms with Crippen LogP contribution in [0.4, 0.5) is 0 Å². The molecule has 0 radical (unpaired) electrons. The van der Waals surface area contributed by atoms with Gasteiger partial charge in [0.1, 0.15) is 0 Å². The van der Waals surface area contributed by atoms with Crippen LogP contribution in [-0.2, 0) is 0 Å². The van der Waals surface area contributed by atoms with E-state index in [0.29, 0.717) is 11.8 Å². The molecule has 0 amide bonds. The number of nitriles is 1. The van der Waals surface area contributed by atoms with Gasteiger partial charge in [-0.1, -0.05) is 30.3 Å². The molecular weight excluding hydrogens is 266 g/mol. The number of thioether (sulfide) groups is 1. The molecule has 1 aliphatic heterocycles. The molecule has 1 aromatic carbocycles. The minimum Gasteiger partial charge on any atom is -0.303 e. The van der Waals surface area contributed by atoms with E-state index >= 15 is 0 Å². The molecule has 1 atom stereocenters. The van der Waals surface area contributed by atoms with Gasteiger partial charge in [0.25, 0.3) is 0 Å². The van der Waals surface area contributed by atoms with Gasteiger partial charge < -0.3 is 4.90 Å². The zero-order valence-electron chi connectivity index (χ0n) is 12.2. The Morgan fingerprint density at radius 3 is 2.85 bits per heavy atom. The monoisotopic (exact) mass is 289 g/mol. The molecule has 1 heterocycles. The summed E-state index contributed by atoms with van der Waals surface area (Å²) in [5.74, 6) is 1.70. The minimum atomic E-state index is 0.510. The lowest BCUT2D eigenvalue weighted by Crippen LogP contribution is -2.47. The molecule has 1 fully saturated rings. The first-order valence-corrected chi connectivity index (χ1v) is 8.39. The van der Waals surface area contributed by atoms with E-state index in [0.717, 1.165) is 31.9 Å². The van der Waals surface area contributed by atoms with Gasteiger partial charge in [-0.3, -0.25) is 4.90 Å². The van der Waals surface area contributed by atoms with E-state index in [-0.39, 0.29) is 0 Å². The fourth-order valence-electron chi connectivity index (χ4n) is 2.70. The number of rotatable bonds is 6. The van der Waals surface area contributed by atoms with Crippen LogP contribution in [-0.4, -0.2) is 54.5 Å². The van der Waals surface area contributed by atoms with Crippen molar-refractivity contribution in [3.63, 3.8) is 0 Å². The van der Waals surface area contributed by atoms with Crippen LogP contribution in [0.3, 0.4) is 0 Å². The normalized spacial score (nSPS) is 20.7. The van der Waals surface area contributed by atoms with Crippen LogP contribution in [0.5, 0.6) is 0 Å². The lowest BCUT2D eigenvalue weighted by molar-refractivity contribution is 0.0903. The van der Waals surface area contributed by atoms with Gasteiger partial charge >= 0.3 is 0 Å². The van der Waals surface area contributed by atoms with Gasteiger partial charge in [0.2, 0.25) is 0 Å². The number of nitrogens with zero attached hydrogens (tertiary/aromatic N) is 3. The molecule has 1 aromatic rings. The van der Waals surface area contributed by atoms with E-state index in [1.807, 2.05) is 0 Å². The topological polar surface area (TPSA) is 30.3 Å². The molecule has 4 heteroatoms. The van der Waals surface area contributed by atoms with Crippen molar-refractivity contribution in [2.75, 3.05) is 44.7 Å². The van der Waals surface area contributed by atoms with Gasteiger partial charge in [-0.2, -0.15) is 5.26 Å². The van der Waals surface area contributed by atoms with Crippen LogP contribution in [0.1, 0.15) is 18.0 Å². The molecule has 0 unspecified atom stereocenters. The summed E-state index contributed by atoms with van der Waals surface area (Å²) >= 11 is 1.74. The van der Waals surface area contributed by atoms with Gasteiger partial charge in [-0.05, 0) is 31.3 Å². The number of likely N-dealkylation sites (N-methyl/N-ethyl adjacent to an activating group) is 1. The molecule has 3 nitrogen and oxygen atoms in total. The Morgan fingerprint density at radius 1 is 1.30 bits per heavy atom. The summed E-state index contributed by atoms with van der Waals surface area (Å²) < 4.78 is 0. The summed E-state index contributed by atoms with van der Waals surface area (Å²) in [5, 5.41) is 8.55. The van der Waals surface area contributed by atoms with E-state index in [4.69, 9.17) is 5.26 Å². The average molecular weight is 289 g/mol. The third-order valence-corrected chi connectivity index (χ3v) is 4.69. The predicted octanol–water partition coefficient (Wildman–Crippen LogP) is 2.62. The quantitative estimate of drug-likeness (QED) is 0.753. The van der Waals surface area contributed by atoms with E-state index in [2.05, 4.69) is 53.2 Å². The number of piperazine rings is 1. The standard InChI is InChI=1S/C16H23N3S/c1-18-10-11-19(9-5-12-20-13-8-17)16(14-18)15-6-3-2-4-7-15/h2-4,6-7,16H,5,9-14H2,1H3/t16-/m0/s1. The molecule has 1 aliphatic rings. The summed E-state index contributed by atoms with van der Waals surface area (Å²) in [5.41, 5.74) is 1.42. The van der Waals surface area contributed by atoms with Crippen molar-refractivity contribution in [3.05, 3.63) is 35.9 Å². The maximum atomic E-state index is 8.55. The van der Waals surface area contributed by atoms with Crippen molar-refractivity contribution < 1.29 is 0 Å². The van der Waals surface area contributed by atoms with Crippen LogP contribution in [0.25, 0.3) is 0 Å². The van der Waals surface area contributed by atoms with Crippen molar-refractivity contribution in [1.29, 1.82) is 5.26 Å². The van der Waals surface area contributed by atoms with E-state index in [1.165, 1.54) is 12.0 Å². The van der Waals surface area contributed by atoms with Gasteiger partial charge in [-0.15, -0.1) is 11.8 Å². The second kappa shape index (κ2) is 8.31. The highest BCUT2D eigenvalue weighted by molar-refractivity contribution is 7.99. The predicted molar refractivity (Wildman–Crippen MR) is 85.8 cm³/mol. The lowest BCUT2D eigenvalue weighted by atomic mass is 10.0. The summed E-state index contributed by atoms with van der Waals surface area (Å²) in [4.78, 5) is 5.01. The second-order valence-corrected chi connectivity index (χ2v) is 6.39. The maximum absolute atomic E-state index is 8.55. The smallest absolute Gasteiger partial charge is 0.0808 e. The highest BCUT2D eigenvalue weighted by atomic mass is 32.2. The van der Waals surface area contributed by atoms with Crippen molar-refractivity contribution in [2.45, 2.75) is 12.5 Å². The average Bonchev–Trinajstić information content (AvgIpc) is 2.49. The van der Waals surface area contributed by atoms with Crippen molar-refractivity contribution >= 4 is 11.8 Å². The first-order valence-electron chi connectivity index (χ1n) is 7.23. The van der Waals surface area contributed by atoms with E-state index in [1.54, 1.807) is 11.8 Å². The Bertz CT molecular complexity index is 429. The van der Waals surface area contributed by atoms with Gasteiger partial charge in [0.05, 0.1) is 11.8 Å². The minimum absolute atomic E-state index is 0.510. The molecule has 0 aromatic heterocycles. The first-order chi connectivity index (χ1) is 9.81. The molecule has 1 saturated heterocycles. The van der Waals surface area contributed by atoms with Crippen LogP contribution in [0, 0.1) is 11.3 Å². The third-order valence-electron chi connectivity index (χ3n) is 3.78. The molecule has 2 rings (SSSR count). The number of benzene rings is 1. The SMILES string of the molecule is CN1CCN(CCCSCC#N)[C@H](c2ccccc2)C1. The summed E-state index contributed by atoms with van der Waals surface area (Å²) in [7, 11) is 2.20. The van der Waals surface area contributed by atoms with Crippen molar-refractivity contribution in [2.24, 2.45) is 0 Å². The summed E-state index contributed by atoms with van der Waals surface area (Å²) in [6.07, 6.45) is 1.17. The molecule has 0 saturated carbocycles. The molecule has 20 heavy (non-hydrogen) atoms. The molecular formula is C16H23N3S. The highest BCUT2D eigenvalue weighted by Gasteiger charge is 2.25. The van der Waals surface area contributed by atoms with Crippen LogP contribution >= 0.6 is 11.8 Å². The van der Waals surface area contributed by atoms with Gasteiger partial charge in [0, 0.05) is 25.7 Å². The Kier molecular flexibility index (Phi) is 6.38. The van der Waals surface area contributed by atoms with E-state index in [9.17, 15) is 0 Å². The number of hydrogen-bond acceptors (Lipinski definition) is 4. The summed E-state index contributed by atoms with van der Waals surface area (Å²) in [6, 6.07) is 13.5. The molecule has 0 aliphatic carbocycles. The Morgan fingerprint density at radius 2 is 2.10 bits per heavy atom. The zero-order valence-corrected chi connectivity index (χ0v) is 13.0. The van der Waals surface area contributed by atoms with Crippen LogP contribution in [0.2, 0.25) is 0 Å². The van der Waals surface area contributed by atoms with Crippen molar-refractivity contribution in [1.82, 2.24) is 9.80 Å². The maximum Gasteiger partial charge on any atom is 0.0808 e. The molecule has 0 bridgehead atoms. The Labute approximate surface area is 126 Å². The summed E-state index contributed by atoms with van der Waals surface area (Å²) in [6.45, 7) is 4.52. The fourth-order valence-corrected chi connectivity index (χ4v) is 3.27. The highest BCUT2D eigenvalue weighted by Crippen LogP contribution is 2.25. The fraction of sp³-hybridized carbons (Fsp3) is 0.562. The van der Waals surface area contributed by atoms with Gasteiger partial charge in [-0.25, -0.2) is 0 Å². The first kappa shape index (κ1) is 15.4. The van der Waals surface area contributed by atoms with Gasteiger partial charge in [0.15, 0.2) is 0 Å². The van der Waals surface area contributed by atoms with E-state index < -0.39 is 0 Å². The van der Waals surface area contributed by atoms with Crippen molar-refractivity contribution in [3.8, 4) is 6.07 Å². The zero-order chi connectivity index (χ0) is 14.2. The number of hydrogen-bond donors (Lipinski definition) is 0. The second-order valence-electron chi connectivity index (χ2n) is 5.29. The molecule has 0 spiro atoms. The Balaban J connectivity index is 1.90. The molecule has 0 N–H and O–H groups in total.